The molecule has 0 bridgehead atoms. The van der Waals surface area contributed by atoms with Crippen molar-refractivity contribution in [2.24, 2.45) is 11.3 Å². The number of nitrogens with zero attached hydrogens (tertiary/aromatic N) is 1. The van der Waals surface area contributed by atoms with E-state index in [9.17, 15) is 5.11 Å². The Labute approximate surface area is 131 Å². The van der Waals surface area contributed by atoms with E-state index in [0.29, 0.717) is 11.5 Å². The predicted octanol–water partition coefficient (Wildman–Crippen LogP) is 2.12. The number of nitrogens with one attached hydrogen (secondary N) is 1. The molecule has 2 N–H and O–H groups in total. The minimum absolute atomic E-state index is 0.230. The first-order valence-electron chi connectivity index (χ1n) is 8.57. The summed E-state index contributed by atoms with van der Waals surface area (Å²) in [5, 5.41) is 13.0. The molecule has 4 nitrogen and oxygen atoms in total. The number of aliphatic hydroxyl groups excluding tert-OH is 1. The maximum absolute atomic E-state index is 9.31. The second-order valence-electron chi connectivity index (χ2n) is 7.21. The Morgan fingerprint density at radius 1 is 1.29 bits per heavy atom. The highest BCUT2D eigenvalue weighted by atomic mass is 16.5. The van der Waals surface area contributed by atoms with E-state index < -0.39 is 0 Å². The molecule has 0 spiro atoms. The SMILES string of the molecule is COCCN(CCO)CC1(CNC(C)C)CCC(C)CC1. The predicted molar refractivity (Wildman–Crippen MR) is 88.6 cm³/mol. The smallest absolute Gasteiger partial charge is 0.0589 e. The molecule has 4 heteroatoms. The van der Waals surface area contributed by atoms with E-state index in [0.717, 1.165) is 38.7 Å². The molecule has 1 aliphatic rings. The van der Waals surface area contributed by atoms with Gasteiger partial charge in [-0.2, -0.15) is 0 Å². The first-order chi connectivity index (χ1) is 10.0. The van der Waals surface area contributed by atoms with Gasteiger partial charge in [0, 0.05) is 39.3 Å². The summed E-state index contributed by atoms with van der Waals surface area (Å²) in [4.78, 5) is 2.38. The Balaban J connectivity index is 2.64. The highest BCUT2D eigenvalue weighted by molar-refractivity contribution is 4.90. The lowest BCUT2D eigenvalue weighted by Crippen LogP contribution is -2.48. The van der Waals surface area contributed by atoms with Gasteiger partial charge >= 0.3 is 0 Å². The van der Waals surface area contributed by atoms with Crippen LogP contribution < -0.4 is 5.32 Å². The molecular weight excluding hydrogens is 264 g/mol. The summed E-state index contributed by atoms with van der Waals surface area (Å²) in [6.07, 6.45) is 5.25. The van der Waals surface area contributed by atoms with Crippen LogP contribution in [0.1, 0.15) is 46.5 Å². The minimum Gasteiger partial charge on any atom is -0.395 e. The number of aliphatic hydroxyl groups is 1. The van der Waals surface area contributed by atoms with Gasteiger partial charge in [0.15, 0.2) is 0 Å². The maximum Gasteiger partial charge on any atom is 0.0589 e. The van der Waals surface area contributed by atoms with E-state index in [2.05, 4.69) is 31.0 Å². The summed E-state index contributed by atoms with van der Waals surface area (Å²) < 4.78 is 5.22. The molecule has 0 heterocycles. The fourth-order valence-electron chi connectivity index (χ4n) is 3.29. The maximum atomic E-state index is 9.31. The zero-order valence-corrected chi connectivity index (χ0v) is 14.5. The average molecular weight is 300 g/mol. The van der Waals surface area contributed by atoms with Crippen LogP contribution in [0, 0.1) is 11.3 Å². The summed E-state index contributed by atoms with van der Waals surface area (Å²) in [6, 6.07) is 0.534. The van der Waals surface area contributed by atoms with Crippen LogP contribution in [-0.2, 0) is 4.74 Å². The number of methoxy groups -OCH3 is 1. The number of hydrogen-bond donors (Lipinski definition) is 2. The van der Waals surface area contributed by atoms with Crippen LogP contribution in [0.5, 0.6) is 0 Å². The Kier molecular flexibility index (Phi) is 8.79. The molecule has 0 aromatic rings. The second-order valence-corrected chi connectivity index (χ2v) is 7.21. The molecule has 126 valence electrons. The van der Waals surface area contributed by atoms with E-state index in [4.69, 9.17) is 4.74 Å². The fourth-order valence-corrected chi connectivity index (χ4v) is 3.29. The van der Waals surface area contributed by atoms with E-state index in [1.807, 2.05) is 0 Å². The number of hydrogen-bond acceptors (Lipinski definition) is 4. The monoisotopic (exact) mass is 300 g/mol. The van der Waals surface area contributed by atoms with E-state index in [-0.39, 0.29) is 6.61 Å². The molecule has 0 saturated heterocycles. The van der Waals surface area contributed by atoms with E-state index >= 15 is 0 Å². The molecule has 1 rings (SSSR count). The Hall–Kier alpha value is -0.160. The van der Waals surface area contributed by atoms with Gasteiger partial charge in [-0.05, 0) is 24.2 Å². The molecule has 0 amide bonds. The lowest BCUT2D eigenvalue weighted by molar-refractivity contribution is 0.0576. The molecular formula is C17H36N2O2. The van der Waals surface area contributed by atoms with Crippen molar-refractivity contribution >= 4 is 0 Å². The van der Waals surface area contributed by atoms with Gasteiger partial charge in [0.05, 0.1) is 13.2 Å². The van der Waals surface area contributed by atoms with E-state index in [1.165, 1.54) is 25.7 Å². The van der Waals surface area contributed by atoms with Crippen LogP contribution in [0.15, 0.2) is 0 Å². The van der Waals surface area contributed by atoms with Crippen molar-refractivity contribution in [3.63, 3.8) is 0 Å². The van der Waals surface area contributed by atoms with Crippen molar-refractivity contribution in [3.8, 4) is 0 Å². The minimum atomic E-state index is 0.230. The number of ether oxygens (including phenoxy) is 1. The van der Waals surface area contributed by atoms with Crippen molar-refractivity contribution < 1.29 is 9.84 Å². The molecule has 0 aliphatic heterocycles. The van der Waals surface area contributed by atoms with Crippen molar-refractivity contribution in [3.05, 3.63) is 0 Å². The topological polar surface area (TPSA) is 44.7 Å². The second kappa shape index (κ2) is 9.78. The van der Waals surface area contributed by atoms with Gasteiger partial charge in [-0.3, -0.25) is 4.90 Å². The number of rotatable bonds is 10. The van der Waals surface area contributed by atoms with Crippen LogP contribution in [0.4, 0.5) is 0 Å². The molecule has 0 radical (unpaired) electrons. The van der Waals surface area contributed by atoms with Gasteiger partial charge in [-0.25, -0.2) is 0 Å². The van der Waals surface area contributed by atoms with Gasteiger partial charge in [-0.1, -0.05) is 33.6 Å². The first-order valence-corrected chi connectivity index (χ1v) is 8.57. The molecule has 0 atom stereocenters. The van der Waals surface area contributed by atoms with Gasteiger partial charge < -0.3 is 15.2 Å². The lowest BCUT2D eigenvalue weighted by atomic mass is 9.70. The summed E-state index contributed by atoms with van der Waals surface area (Å²) in [7, 11) is 1.75. The normalized spacial score (nSPS) is 26.7. The third-order valence-corrected chi connectivity index (χ3v) is 4.81. The van der Waals surface area contributed by atoms with Crippen LogP contribution in [0.3, 0.4) is 0 Å². The highest BCUT2D eigenvalue weighted by Crippen LogP contribution is 2.39. The Morgan fingerprint density at radius 2 is 1.95 bits per heavy atom. The molecule has 0 aromatic heterocycles. The third kappa shape index (κ3) is 7.09. The van der Waals surface area contributed by atoms with Crippen LogP contribution in [-0.4, -0.2) is 62.6 Å². The zero-order valence-electron chi connectivity index (χ0n) is 14.5. The molecule has 0 aromatic carbocycles. The summed E-state index contributed by atoms with van der Waals surface area (Å²) in [5.74, 6) is 0.863. The van der Waals surface area contributed by atoms with Gasteiger partial charge in [0.2, 0.25) is 0 Å². The molecule has 1 aliphatic carbocycles. The van der Waals surface area contributed by atoms with Crippen molar-refractivity contribution in [1.29, 1.82) is 0 Å². The van der Waals surface area contributed by atoms with Gasteiger partial charge in [-0.15, -0.1) is 0 Å². The fraction of sp³-hybridized carbons (Fsp3) is 1.00. The van der Waals surface area contributed by atoms with E-state index in [1.54, 1.807) is 7.11 Å². The first kappa shape index (κ1) is 18.9. The molecule has 21 heavy (non-hydrogen) atoms. The molecule has 1 fully saturated rings. The zero-order chi connectivity index (χ0) is 15.7. The van der Waals surface area contributed by atoms with Crippen LogP contribution in [0.25, 0.3) is 0 Å². The quantitative estimate of drug-likeness (QED) is 0.649. The third-order valence-electron chi connectivity index (χ3n) is 4.81. The average Bonchev–Trinajstić information content (AvgIpc) is 2.46. The molecule has 1 saturated carbocycles. The summed E-state index contributed by atoms with van der Waals surface area (Å²) >= 11 is 0. The Morgan fingerprint density at radius 3 is 2.48 bits per heavy atom. The Bertz CT molecular complexity index is 264. The van der Waals surface area contributed by atoms with Crippen molar-refractivity contribution in [1.82, 2.24) is 10.2 Å². The van der Waals surface area contributed by atoms with Crippen molar-refractivity contribution in [2.45, 2.75) is 52.5 Å². The largest absolute Gasteiger partial charge is 0.395 e. The summed E-state index contributed by atoms with van der Waals surface area (Å²) in [6.45, 7) is 11.6. The standard InChI is InChI=1S/C17H36N2O2/c1-15(2)18-13-17(7-5-16(3)6-8-17)14-19(9-11-20)10-12-21-4/h15-16,18,20H,5-14H2,1-4H3. The van der Waals surface area contributed by atoms with Crippen LogP contribution in [0.2, 0.25) is 0 Å². The highest BCUT2D eigenvalue weighted by Gasteiger charge is 2.35. The molecule has 0 unspecified atom stereocenters. The van der Waals surface area contributed by atoms with Gasteiger partial charge in [0.25, 0.3) is 0 Å². The van der Waals surface area contributed by atoms with Gasteiger partial charge in [0.1, 0.15) is 0 Å². The van der Waals surface area contributed by atoms with Crippen LogP contribution >= 0.6 is 0 Å². The summed E-state index contributed by atoms with van der Waals surface area (Å²) in [5.41, 5.74) is 0.361. The van der Waals surface area contributed by atoms with Crippen molar-refractivity contribution in [2.75, 3.05) is 46.5 Å². The lowest BCUT2D eigenvalue weighted by Gasteiger charge is -2.43.